The Morgan fingerprint density at radius 3 is 2.57 bits per heavy atom. The highest BCUT2D eigenvalue weighted by molar-refractivity contribution is 5.81. The number of benzene rings is 1. The van der Waals surface area contributed by atoms with Crippen LogP contribution in [0.25, 0.3) is 10.9 Å². The number of aromatic amines is 1. The largest absolute Gasteiger partial charge is 0.481 e. The lowest BCUT2D eigenvalue weighted by Crippen LogP contribution is -2.44. The van der Waals surface area contributed by atoms with Gasteiger partial charge in [-0.05, 0) is 75.1 Å². The quantitative estimate of drug-likeness (QED) is 0.718. The number of hydrogen-bond donors (Lipinski definition) is 1. The molecule has 0 spiro atoms. The lowest BCUT2D eigenvalue weighted by atomic mass is 9.92. The summed E-state index contributed by atoms with van der Waals surface area (Å²) in [5, 5.41) is 0.603. The molecule has 1 aliphatic rings. The highest BCUT2D eigenvalue weighted by atomic mass is 16.5. The van der Waals surface area contributed by atoms with Gasteiger partial charge in [0.25, 0.3) is 11.5 Å². The Hall–Kier alpha value is -3.15. The lowest BCUT2D eigenvalue weighted by molar-refractivity contribution is -0.139. The maximum absolute atomic E-state index is 12.9. The van der Waals surface area contributed by atoms with Crippen LogP contribution < -0.4 is 10.3 Å². The van der Waals surface area contributed by atoms with E-state index in [4.69, 9.17) is 4.74 Å². The number of aryl methyl sites for hydroxylation is 2. The summed E-state index contributed by atoms with van der Waals surface area (Å²) in [4.78, 5) is 34.4. The number of H-pyrrole nitrogens is 1. The van der Waals surface area contributed by atoms with Crippen molar-refractivity contribution in [3.63, 3.8) is 0 Å². The summed E-state index contributed by atoms with van der Waals surface area (Å²) in [5.41, 5.74) is 3.74. The van der Waals surface area contributed by atoms with Crippen molar-refractivity contribution in [3.05, 3.63) is 69.8 Å². The summed E-state index contributed by atoms with van der Waals surface area (Å²) >= 11 is 0. The van der Waals surface area contributed by atoms with Gasteiger partial charge in [-0.3, -0.25) is 14.6 Å². The summed E-state index contributed by atoms with van der Waals surface area (Å²) in [6.45, 7) is 7.13. The lowest BCUT2D eigenvalue weighted by Gasteiger charge is -2.33. The van der Waals surface area contributed by atoms with E-state index < -0.39 is 6.10 Å². The summed E-state index contributed by atoms with van der Waals surface area (Å²) in [6.07, 6.45) is 2.77. The van der Waals surface area contributed by atoms with Crippen molar-refractivity contribution >= 4 is 16.8 Å². The summed E-state index contributed by atoms with van der Waals surface area (Å²) < 4.78 is 5.92. The zero-order valence-electron chi connectivity index (χ0n) is 17.6. The van der Waals surface area contributed by atoms with E-state index in [1.54, 1.807) is 25.3 Å². The molecule has 1 N–H and O–H groups in total. The number of pyridine rings is 2. The van der Waals surface area contributed by atoms with Gasteiger partial charge in [0, 0.05) is 30.9 Å². The monoisotopic (exact) mass is 405 g/mol. The van der Waals surface area contributed by atoms with Gasteiger partial charge in [0.05, 0.1) is 10.9 Å². The predicted molar refractivity (Wildman–Crippen MR) is 117 cm³/mol. The third kappa shape index (κ3) is 4.22. The van der Waals surface area contributed by atoms with E-state index in [-0.39, 0.29) is 17.4 Å². The Balaban J connectivity index is 1.40. The van der Waals surface area contributed by atoms with Crippen LogP contribution >= 0.6 is 0 Å². The number of amides is 1. The topological polar surface area (TPSA) is 75.3 Å². The summed E-state index contributed by atoms with van der Waals surface area (Å²) in [7, 11) is 0. The molecular weight excluding hydrogens is 378 g/mol. The second-order valence-corrected chi connectivity index (χ2v) is 8.17. The SMILES string of the molecule is Cc1cc(C)cc(OC(C)C(=O)N2CCC(c3cc4ncccc4c(=O)[nH]3)CC2)c1. The zero-order valence-corrected chi connectivity index (χ0v) is 17.6. The molecule has 0 aliphatic carbocycles. The van der Waals surface area contributed by atoms with E-state index in [1.165, 1.54) is 0 Å². The molecule has 4 rings (SSSR count). The normalized spacial score (nSPS) is 15.9. The molecule has 2 aromatic heterocycles. The number of aromatic nitrogens is 2. The molecule has 0 bridgehead atoms. The van der Waals surface area contributed by atoms with Crippen LogP contribution in [0.3, 0.4) is 0 Å². The Labute approximate surface area is 175 Å². The second kappa shape index (κ2) is 8.30. The van der Waals surface area contributed by atoms with E-state index in [0.717, 1.165) is 35.4 Å². The van der Waals surface area contributed by atoms with Gasteiger partial charge in [-0.2, -0.15) is 0 Å². The third-order valence-corrected chi connectivity index (χ3v) is 5.74. The molecule has 1 fully saturated rings. The van der Waals surface area contributed by atoms with Gasteiger partial charge in [0.1, 0.15) is 5.75 Å². The Bertz CT molecular complexity index is 1110. The minimum absolute atomic E-state index is 0.00119. The highest BCUT2D eigenvalue weighted by Gasteiger charge is 2.28. The van der Waals surface area contributed by atoms with Gasteiger partial charge in [0.15, 0.2) is 6.10 Å². The molecule has 3 aromatic rings. The van der Waals surface area contributed by atoms with Crippen LogP contribution in [0.4, 0.5) is 0 Å². The molecule has 1 amide bonds. The smallest absolute Gasteiger partial charge is 0.263 e. The fourth-order valence-corrected chi connectivity index (χ4v) is 4.25. The van der Waals surface area contributed by atoms with Crippen molar-refractivity contribution in [2.45, 2.75) is 45.6 Å². The van der Waals surface area contributed by atoms with Crippen molar-refractivity contribution in [2.75, 3.05) is 13.1 Å². The van der Waals surface area contributed by atoms with Gasteiger partial charge in [-0.25, -0.2) is 0 Å². The van der Waals surface area contributed by atoms with Crippen LogP contribution in [0.1, 0.15) is 42.5 Å². The van der Waals surface area contributed by atoms with E-state index in [9.17, 15) is 9.59 Å². The molecule has 3 heterocycles. The molecule has 30 heavy (non-hydrogen) atoms. The first-order chi connectivity index (χ1) is 14.4. The number of fused-ring (bicyclic) bond motifs is 1. The number of rotatable bonds is 4. The molecule has 0 saturated carbocycles. The molecule has 1 atom stereocenters. The maximum Gasteiger partial charge on any atom is 0.263 e. The number of piperidine rings is 1. The Morgan fingerprint density at radius 2 is 1.87 bits per heavy atom. The molecule has 0 radical (unpaired) electrons. The second-order valence-electron chi connectivity index (χ2n) is 8.17. The van der Waals surface area contributed by atoms with Crippen LogP contribution in [0, 0.1) is 13.8 Å². The number of nitrogens with zero attached hydrogens (tertiary/aromatic N) is 2. The molecular formula is C24H27N3O3. The van der Waals surface area contributed by atoms with Crippen LogP contribution in [-0.4, -0.2) is 40.0 Å². The van der Waals surface area contributed by atoms with Crippen LogP contribution in [0.2, 0.25) is 0 Å². The molecule has 1 saturated heterocycles. The molecule has 1 aromatic carbocycles. The average Bonchev–Trinajstić information content (AvgIpc) is 2.72. The van der Waals surface area contributed by atoms with Crippen molar-refractivity contribution in [3.8, 4) is 5.75 Å². The van der Waals surface area contributed by atoms with Crippen molar-refractivity contribution in [1.82, 2.24) is 14.9 Å². The van der Waals surface area contributed by atoms with Gasteiger partial charge in [-0.15, -0.1) is 0 Å². The fraction of sp³-hybridized carbons (Fsp3) is 0.375. The first kappa shape index (κ1) is 20.1. The number of hydrogen-bond acceptors (Lipinski definition) is 4. The van der Waals surface area contributed by atoms with Crippen molar-refractivity contribution in [2.24, 2.45) is 0 Å². The maximum atomic E-state index is 12.9. The van der Waals surface area contributed by atoms with E-state index >= 15 is 0 Å². The van der Waals surface area contributed by atoms with Gasteiger partial charge in [0.2, 0.25) is 0 Å². The molecule has 1 aliphatic heterocycles. The zero-order chi connectivity index (χ0) is 21.3. The number of ether oxygens (including phenoxy) is 1. The van der Waals surface area contributed by atoms with E-state index in [2.05, 4.69) is 16.0 Å². The van der Waals surface area contributed by atoms with Gasteiger partial charge < -0.3 is 14.6 Å². The van der Waals surface area contributed by atoms with Crippen LogP contribution in [0.5, 0.6) is 5.75 Å². The minimum Gasteiger partial charge on any atom is -0.481 e. The van der Waals surface area contributed by atoms with Gasteiger partial charge in [-0.1, -0.05) is 6.07 Å². The van der Waals surface area contributed by atoms with Crippen molar-refractivity contribution < 1.29 is 9.53 Å². The molecule has 6 heteroatoms. The summed E-state index contributed by atoms with van der Waals surface area (Å²) in [6, 6.07) is 11.5. The number of likely N-dealkylation sites (tertiary alicyclic amines) is 1. The average molecular weight is 405 g/mol. The predicted octanol–water partition coefficient (Wildman–Crippen LogP) is 3.71. The number of nitrogens with one attached hydrogen (secondary N) is 1. The van der Waals surface area contributed by atoms with Crippen LogP contribution in [-0.2, 0) is 4.79 Å². The first-order valence-electron chi connectivity index (χ1n) is 10.4. The summed E-state index contributed by atoms with van der Waals surface area (Å²) in [5.74, 6) is 0.939. The van der Waals surface area contributed by atoms with Crippen LogP contribution in [0.15, 0.2) is 47.4 Å². The minimum atomic E-state index is -0.535. The standard InChI is InChI=1S/C24H27N3O3/c1-15-11-16(2)13-19(12-15)30-17(3)24(29)27-9-6-18(7-10-27)21-14-22-20(23(28)26-21)5-4-8-25-22/h4-5,8,11-14,17-18H,6-7,9-10H2,1-3H3,(H,26,28). The molecule has 6 nitrogen and oxygen atoms in total. The number of carbonyl (C=O) groups is 1. The molecule has 156 valence electrons. The third-order valence-electron chi connectivity index (χ3n) is 5.74. The highest BCUT2D eigenvalue weighted by Crippen LogP contribution is 2.28. The van der Waals surface area contributed by atoms with Crippen molar-refractivity contribution in [1.29, 1.82) is 0 Å². The van der Waals surface area contributed by atoms with E-state index in [1.807, 2.05) is 36.9 Å². The van der Waals surface area contributed by atoms with Gasteiger partial charge >= 0.3 is 0 Å². The Morgan fingerprint density at radius 1 is 1.17 bits per heavy atom. The first-order valence-corrected chi connectivity index (χ1v) is 10.4. The number of carbonyl (C=O) groups excluding carboxylic acids is 1. The van der Waals surface area contributed by atoms with E-state index in [0.29, 0.717) is 24.0 Å². The molecule has 1 unspecified atom stereocenters. The Kier molecular flexibility index (Phi) is 5.57. The fourth-order valence-electron chi connectivity index (χ4n) is 4.25.